The summed E-state index contributed by atoms with van der Waals surface area (Å²) in [5, 5.41) is 0. The van der Waals surface area contributed by atoms with Crippen molar-refractivity contribution in [2.75, 3.05) is 0 Å². The molecule has 0 saturated carbocycles. The Balaban J connectivity index is 1.73. The van der Waals surface area contributed by atoms with Gasteiger partial charge in [-0.3, -0.25) is 4.79 Å². The number of carbonyl (C=O) groups excluding carboxylic acids is 1. The van der Waals surface area contributed by atoms with E-state index >= 15 is 0 Å². The zero-order valence-corrected chi connectivity index (χ0v) is 14.8. The van der Waals surface area contributed by atoms with Crippen molar-refractivity contribution in [3.63, 3.8) is 0 Å². The summed E-state index contributed by atoms with van der Waals surface area (Å²) in [6, 6.07) is 17.5. The molecule has 2 nitrogen and oxygen atoms in total. The Kier molecular flexibility index (Phi) is 2.72. The summed E-state index contributed by atoms with van der Waals surface area (Å²) >= 11 is 0. The van der Waals surface area contributed by atoms with Crippen LogP contribution in [0.15, 0.2) is 54.7 Å². The highest BCUT2D eigenvalue weighted by molar-refractivity contribution is 5.93. The predicted octanol–water partition coefficient (Wildman–Crippen LogP) is 4.51. The third kappa shape index (κ3) is 1.85. The van der Waals surface area contributed by atoms with Crippen LogP contribution < -0.4 is 4.57 Å². The van der Waals surface area contributed by atoms with Crippen LogP contribution in [-0.2, 0) is 12.0 Å². The normalized spacial score (nSPS) is 15.3. The van der Waals surface area contributed by atoms with Gasteiger partial charge in [-0.1, -0.05) is 38.1 Å². The van der Waals surface area contributed by atoms with Gasteiger partial charge in [0.1, 0.15) is 0 Å². The van der Waals surface area contributed by atoms with Gasteiger partial charge in [0.05, 0.1) is 11.1 Å². The molecule has 122 valence electrons. The fourth-order valence-electron chi connectivity index (χ4n) is 4.47. The van der Waals surface area contributed by atoms with Crippen LogP contribution in [0.5, 0.6) is 0 Å². The van der Waals surface area contributed by atoms with Gasteiger partial charge < -0.3 is 0 Å². The van der Waals surface area contributed by atoms with Crippen molar-refractivity contribution >= 4 is 5.78 Å². The summed E-state index contributed by atoms with van der Waals surface area (Å²) in [4.78, 5) is 11.7. The van der Waals surface area contributed by atoms with E-state index in [2.05, 4.69) is 60.9 Å². The Labute approximate surface area is 147 Å². The summed E-state index contributed by atoms with van der Waals surface area (Å²) in [7, 11) is 0. The minimum Gasteiger partial charge on any atom is -0.294 e. The van der Waals surface area contributed by atoms with Gasteiger partial charge in [0.25, 0.3) is 0 Å². The smallest absolute Gasteiger partial charge is 0.213 e. The van der Waals surface area contributed by atoms with Crippen molar-refractivity contribution in [1.82, 2.24) is 0 Å². The molecule has 0 spiro atoms. The number of ketones is 1. The third-order valence-corrected chi connectivity index (χ3v) is 5.86. The average Bonchev–Trinajstić information content (AvgIpc) is 3.06. The molecule has 2 heteroatoms. The average molecular weight is 326 g/mol. The predicted molar refractivity (Wildman–Crippen MR) is 98.7 cm³/mol. The quantitative estimate of drug-likeness (QED) is 0.372. The van der Waals surface area contributed by atoms with Crippen molar-refractivity contribution in [2.45, 2.75) is 32.7 Å². The molecular formula is C23H20NO+. The molecule has 0 amide bonds. The molecule has 1 aliphatic heterocycles. The minimum absolute atomic E-state index is 0.0215. The molecule has 0 N–H and O–H groups in total. The molecule has 0 saturated heterocycles. The van der Waals surface area contributed by atoms with Crippen LogP contribution in [0.25, 0.3) is 22.4 Å². The van der Waals surface area contributed by atoms with Crippen molar-refractivity contribution in [3.8, 4) is 22.4 Å². The topological polar surface area (TPSA) is 20.9 Å². The molecule has 1 aliphatic carbocycles. The third-order valence-electron chi connectivity index (χ3n) is 5.86. The van der Waals surface area contributed by atoms with Crippen LogP contribution in [-0.4, -0.2) is 5.78 Å². The van der Waals surface area contributed by atoms with E-state index in [-0.39, 0.29) is 11.2 Å². The second-order valence-corrected chi connectivity index (χ2v) is 7.71. The Morgan fingerprint density at radius 1 is 0.960 bits per heavy atom. The molecule has 5 rings (SSSR count). The van der Waals surface area contributed by atoms with Crippen molar-refractivity contribution < 1.29 is 9.36 Å². The van der Waals surface area contributed by atoms with E-state index in [0.717, 1.165) is 12.1 Å². The SMILES string of the molecule is CC(=O)c1ccc2[n+](c1)Cc1cc3c(cc1-2)C(C)(C)c1ccccc1-3. The maximum Gasteiger partial charge on any atom is 0.213 e. The number of hydrogen-bond donors (Lipinski definition) is 0. The number of aromatic nitrogens is 1. The lowest BCUT2D eigenvalue weighted by molar-refractivity contribution is -0.672. The summed E-state index contributed by atoms with van der Waals surface area (Å²) in [5.74, 6) is 0.115. The Hall–Kier alpha value is -2.74. The van der Waals surface area contributed by atoms with Gasteiger partial charge in [0.15, 0.2) is 18.5 Å². The molecular weight excluding hydrogens is 306 g/mol. The molecule has 2 aromatic carbocycles. The number of nitrogens with zero attached hydrogens (tertiary/aromatic N) is 1. The first-order valence-electron chi connectivity index (χ1n) is 8.79. The number of pyridine rings is 1. The molecule has 1 aromatic heterocycles. The molecule has 0 atom stereocenters. The van der Waals surface area contributed by atoms with Gasteiger partial charge in [-0.05, 0) is 47.4 Å². The Morgan fingerprint density at radius 2 is 1.76 bits per heavy atom. The molecule has 3 aromatic rings. The van der Waals surface area contributed by atoms with E-state index in [9.17, 15) is 4.79 Å². The molecule has 25 heavy (non-hydrogen) atoms. The summed E-state index contributed by atoms with van der Waals surface area (Å²) in [5.41, 5.74) is 10.2. The van der Waals surface area contributed by atoms with Gasteiger partial charge in [0, 0.05) is 17.0 Å². The molecule has 0 radical (unpaired) electrons. The number of hydrogen-bond acceptors (Lipinski definition) is 1. The number of rotatable bonds is 1. The van der Waals surface area contributed by atoms with Crippen LogP contribution in [0.3, 0.4) is 0 Å². The van der Waals surface area contributed by atoms with E-state index in [1.807, 2.05) is 12.3 Å². The minimum atomic E-state index is 0.0215. The number of benzene rings is 2. The zero-order valence-electron chi connectivity index (χ0n) is 14.8. The Morgan fingerprint density at radius 3 is 2.56 bits per heavy atom. The first-order valence-corrected chi connectivity index (χ1v) is 8.79. The van der Waals surface area contributed by atoms with Crippen LogP contribution in [0.4, 0.5) is 0 Å². The highest BCUT2D eigenvalue weighted by Gasteiger charge is 2.38. The van der Waals surface area contributed by atoms with Gasteiger partial charge >= 0.3 is 0 Å². The lowest BCUT2D eigenvalue weighted by atomic mass is 9.81. The number of Topliss-reactive ketones (excluding diaryl/α,β-unsaturated/α-hetero) is 1. The van der Waals surface area contributed by atoms with Crippen molar-refractivity contribution in [1.29, 1.82) is 0 Å². The van der Waals surface area contributed by atoms with Gasteiger partial charge in [-0.25, -0.2) is 0 Å². The highest BCUT2D eigenvalue weighted by Crippen LogP contribution is 2.50. The molecule has 0 unspecified atom stereocenters. The number of fused-ring (bicyclic) bond motifs is 6. The van der Waals surface area contributed by atoms with E-state index in [0.29, 0.717) is 0 Å². The summed E-state index contributed by atoms with van der Waals surface area (Å²) < 4.78 is 2.20. The Bertz CT molecular complexity index is 1080. The van der Waals surface area contributed by atoms with Crippen LogP contribution in [0.2, 0.25) is 0 Å². The maximum absolute atomic E-state index is 11.7. The van der Waals surface area contributed by atoms with Gasteiger partial charge in [-0.2, -0.15) is 4.57 Å². The maximum atomic E-state index is 11.7. The van der Waals surface area contributed by atoms with Crippen molar-refractivity contribution in [2.24, 2.45) is 0 Å². The zero-order chi connectivity index (χ0) is 17.3. The molecule has 2 aliphatic rings. The fourth-order valence-corrected chi connectivity index (χ4v) is 4.47. The number of carbonyl (C=O) groups is 1. The first kappa shape index (κ1) is 14.6. The summed E-state index contributed by atoms with van der Waals surface area (Å²) in [6.45, 7) is 7.08. The van der Waals surface area contributed by atoms with Gasteiger partial charge in [-0.15, -0.1) is 0 Å². The highest BCUT2D eigenvalue weighted by atomic mass is 16.1. The summed E-state index contributed by atoms with van der Waals surface area (Å²) in [6.07, 6.45) is 1.99. The second kappa shape index (κ2) is 4.66. The molecule has 2 heterocycles. The molecule has 0 fully saturated rings. The van der Waals surface area contributed by atoms with E-state index in [1.54, 1.807) is 6.92 Å². The van der Waals surface area contributed by atoms with E-state index in [4.69, 9.17) is 0 Å². The standard InChI is InChI=1S/C23H20NO/c1-14(25)15-8-9-22-18-11-21-19(10-16(18)13-24(22)12-15)17-6-4-5-7-20(17)23(21,2)3/h4-12H,13H2,1-3H3/q+1. The van der Waals surface area contributed by atoms with E-state index in [1.165, 1.54) is 39.1 Å². The fraction of sp³-hybridized carbons (Fsp3) is 0.217. The first-order chi connectivity index (χ1) is 12.0. The molecule has 0 bridgehead atoms. The van der Waals surface area contributed by atoms with Crippen LogP contribution in [0, 0.1) is 0 Å². The van der Waals surface area contributed by atoms with Crippen LogP contribution >= 0.6 is 0 Å². The second-order valence-electron chi connectivity index (χ2n) is 7.71. The van der Waals surface area contributed by atoms with Crippen LogP contribution in [0.1, 0.15) is 47.8 Å². The lowest BCUT2D eigenvalue weighted by Crippen LogP contribution is -2.32. The lowest BCUT2D eigenvalue weighted by Gasteiger charge is -2.21. The monoisotopic (exact) mass is 326 g/mol. The van der Waals surface area contributed by atoms with Crippen molar-refractivity contribution in [3.05, 3.63) is 77.0 Å². The van der Waals surface area contributed by atoms with E-state index < -0.39 is 0 Å². The van der Waals surface area contributed by atoms with Gasteiger partial charge in [0.2, 0.25) is 5.69 Å². The largest absolute Gasteiger partial charge is 0.294 e.